The Bertz CT molecular complexity index is 953. The standard InChI is InChI=1S/C17H15N3OS/c1-18-12-5-3-11(4-6-12)14-10-20-15-9-13(21-2)7-8-16(15)22-17(20)19-14/h3-10,18H,1-2H3. The van der Waals surface area contributed by atoms with E-state index >= 15 is 0 Å². The maximum Gasteiger partial charge on any atom is 0.195 e. The molecule has 2 heterocycles. The van der Waals surface area contributed by atoms with Crippen molar-refractivity contribution in [3.05, 3.63) is 48.7 Å². The molecule has 22 heavy (non-hydrogen) atoms. The molecule has 0 aliphatic rings. The first-order valence-corrected chi connectivity index (χ1v) is 7.84. The van der Waals surface area contributed by atoms with E-state index in [1.807, 2.05) is 19.2 Å². The van der Waals surface area contributed by atoms with Gasteiger partial charge in [-0.15, -0.1) is 0 Å². The lowest BCUT2D eigenvalue weighted by Crippen LogP contribution is -1.86. The molecule has 2 aromatic heterocycles. The van der Waals surface area contributed by atoms with Crippen LogP contribution in [-0.4, -0.2) is 23.5 Å². The highest BCUT2D eigenvalue weighted by molar-refractivity contribution is 7.23. The minimum absolute atomic E-state index is 0.862. The lowest BCUT2D eigenvalue weighted by Gasteiger charge is -2.01. The minimum atomic E-state index is 0.862. The average Bonchev–Trinajstić information content (AvgIpc) is 3.12. The molecule has 0 spiro atoms. The molecule has 0 saturated heterocycles. The number of rotatable bonds is 3. The Hall–Kier alpha value is -2.53. The first-order valence-electron chi connectivity index (χ1n) is 7.02. The van der Waals surface area contributed by atoms with Crippen molar-refractivity contribution in [2.45, 2.75) is 0 Å². The monoisotopic (exact) mass is 309 g/mol. The lowest BCUT2D eigenvalue weighted by molar-refractivity contribution is 0.415. The molecular weight excluding hydrogens is 294 g/mol. The van der Waals surface area contributed by atoms with E-state index in [4.69, 9.17) is 9.72 Å². The van der Waals surface area contributed by atoms with Crippen LogP contribution < -0.4 is 10.1 Å². The Balaban J connectivity index is 1.85. The van der Waals surface area contributed by atoms with Gasteiger partial charge in [-0.25, -0.2) is 4.98 Å². The van der Waals surface area contributed by atoms with Crippen LogP contribution in [0.5, 0.6) is 5.75 Å². The molecule has 0 fully saturated rings. The number of thiazole rings is 1. The van der Waals surface area contributed by atoms with Crippen LogP contribution in [0.2, 0.25) is 0 Å². The zero-order valence-corrected chi connectivity index (χ0v) is 13.1. The van der Waals surface area contributed by atoms with Crippen molar-refractivity contribution in [1.29, 1.82) is 0 Å². The molecular formula is C17H15N3OS. The fraction of sp³-hybridized carbons (Fsp3) is 0.118. The Morgan fingerprint density at radius 3 is 2.68 bits per heavy atom. The summed E-state index contributed by atoms with van der Waals surface area (Å²) in [7, 11) is 3.61. The van der Waals surface area contributed by atoms with E-state index in [0.29, 0.717) is 0 Å². The summed E-state index contributed by atoms with van der Waals surface area (Å²) in [6, 6.07) is 14.4. The van der Waals surface area contributed by atoms with Crippen molar-refractivity contribution >= 4 is 32.2 Å². The molecule has 0 amide bonds. The topological polar surface area (TPSA) is 38.6 Å². The zero-order valence-electron chi connectivity index (χ0n) is 12.3. The van der Waals surface area contributed by atoms with Gasteiger partial charge in [-0.2, -0.15) is 0 Å². The number of benzene rings is 2. The summed E-state index contributed by atoms with van der Waals surface area (Å²) in [6.45, 7) is 0. The van der Waals surface area contributed by atoms with Gasteiger partial charge >= 0.3 is 0 Å². The number of nitrogens with one attached hydrogen (secondary N) is 1. The summed E-state index contributed by atoms with van der Waals surface area (Å²) in [4.78, 5) is 5.75. The maximum atomic E-state index is 5.32. The van der Waals surface area contributed by atoms with Gasteiger partial charge in [-0.05, 0) is 24.3 Å². The lowest BCUT2D eigenvalue weighted by atomic mass is 10.1. The molecule has 110 valence electrons. The molecule has 1 N–H and O–H groups in total. The highest BCUT2D eigenvalue weighted by atomic mass is 32.1. The van der Waals surface area contributed by atoms with E-state index < -0.39 is 0 Å². The highest BCUT2D eigenvalue weighted by Crippen LogP contribution is 2.31. The molecule has 0 aliphatic carbocycles. The van der Waals surface area contributed by atoms with Crippen molar-refractivity contribution < 1.29 is 4.74 Å². The largest absolute Gasteiger partial charge is 0.497 e. The number of imidazole rings is 1. The van der Waals surface area contributed by atoms with Crippen LogP contribution >= 0.6 is 11.3 Å². The van der Waals surface area contributed by atoms with Gasteiger partial charge in [0.1, 0.15) is 5.75 Å². The molecule has 0 aliphatic heterocycles. The summed E-state index contributed by atoms with van der Waals surface area (Å²) >= 11 is 1.69. The molecule has 2 aromatic carbocycles. The van der Waals surface area contributed by atoms with E-state index in [9.17, 15) is 0 Å². The van der Waals surface area contributed by atoms with E-state index in [2.05, 4.69) is 46.2 Å². The van der Waals surface area contributed by atoms with Crippen LogP contribution in [0, 0.1) is 0 Å². The van der Waals surface area contributed by atoms with Crippen molar-refractivity contribution in [2.24, 2.45) is 0 Å². The smallest absolute Gasteiger partial charge is 0.195 e. The molecule has 4 rings (SSSR count). The minimum Gasteiger partial charge on any atom is -0.497 e. The zero-order chi connectivity index (χ0) is 15.1. The van der Waals surface area contributed by atoms with Crippen LogP contribution in [0.1, 0.15) is 0 Å². The Kier molecular flexibility index (Phi) is 3.01. The third-order valence-electron chi connectivity index (χ3n) is 3.77. The predicted octanol–water partition coefficient (Wildman–Crippen LogP) is 4.27. The molecule has 5 heteroatoms. The van der Waals surface area contributed by atoms with E-state index in [0.717, 1.165) is 33.2 Å². The van der Waals surface area contributed by atoms with Gasteiger partial charge in [-0.1, -0.05) is 23.5 Å². The van der Waals surface area contributed by atoms with Crippen molar-refractivity contribution in [3.8, 4) is 17.0 Å². The molecule has 4 aromatic rings. The van der Waals surface area contributed by atoms with Gasteiger partial charge in [0.2, 0.25) is 0 Å². The number of hydrogen-bond acceptors (Lipinski definition) is 4. The van der Waals surface area contributed by atoms with Gasteiger partial charge in [0, 0.05) is 30.6 Å². The summed E-state index contributed by atoms with van der Waals surface area (Å²) in [5.41, 5.74) is 4.33. The van der Waals surface area contributed by atoms with E-state index in [1.54, 1.807) is 18.4 Å². The first kappa shape index (κ1) is 13.2. The fourth-order valence-corrected chi connectivity index (χ4v) is 3.54. The second-order valence-corrected chi connectivity index (χ2v) is 6.05. The van der Waals surface area contributed by atoms with Crippen LogP contribution in [0.15, 0.2) is 48.7 Å². The number of nitrogens with zero attached hydrogens (tertiary/aromatic N) is 2. The molecule has 0 bridgehead atoms. The summed E-state index contributed by atoms with van der Waals surface area (Å²) < 4.78 is 8.66. The van der Waals surface area contributed by atoms with Gasteiger partial charge in [0.15, 0.2) is 4.96 Å². The van der Waals surface area contributed by atoms with Gasteiger partial charge in [-0.3, -0.25) is 4.40 Å². The third kappa shape index (κ3) is 2.02. The van der Waals surface area contributed by atoms with Crippen LogP contribution in [0.25, 0.3) is 26.4 Å². The molecule has 0 unspecified atom stereocenters. The van der Waals surface area contributed by atoms with Crippen LogP contribution in [0.3, 0.4) is 0 Å². The van der Waals surface area contributed by atoms with E-state index in [1.165, 1.54) is 4.70 Å². The molecule has 0 radical (unpaired) electrons. The number of methoxy groups -OCH3 is 1. The fourth-order valence-electron chi connectivity index (χ4n) is 2.55. The SMILES string of the molecule is CNc1ccc(-c2cn3c(n2)sc2ccc(OC)cc23)cc1. The van der Waals surface area contributed by atoms with Crippen molar-refractivity contribution in [2.75, 3.05) is 19.5 Å². The normalized spacial score (nSPS) is 11.2. The van der Waals surface area contributed by atoms with Crippen LogP contribution in [-0.2, 0) is 0 Å². The Morgan fingerprint density at radius 1 is 1.14 bits per heavy atom. The number of hydrogen-bond donors (Lipinski definition) is 1. The number of ether oxygens (including phenoxy) is 1. The third-order valence-corrected chi connectivity index (χ3v) is 4.81. The Labute approximate surface area is 132 Å². The number of fused-ring (bicyclic) bond motifs is 3. The summed E-state index contributed by atoms with van der Waals surface area (Å²) in [5.74, 6) is 0.862. The van der Waals surface area contributed by atoms with Crippen molar-refractivity contribution in [3.63, 3.8) is 0 Å². The molecule has 4 nitrogen and oxygen atoms in total. The van der Waals surface area contributed by atoms with Crippen molar-refractivity contribution in [1.82, 2.24) is 9.38 Å². The van der Waals surface area contributed by atoms with Gasteiger partial charge < -0.3 is 10.1 Å². The second kappa shape index (κ2) is 5.03. The highest BCUT2D eigenvalue weighted by Gasteiger charge is 2.11. The summed E-state index contributed by atoms with van der Waals surface area (Å²) in [6.07, 6.45) is 2.09. The van der Waals surface area contributed by atoms with Gasteiger partial charge in [0.25, 0.3) is 0 Å². The second-order valence-electron chi connectivity index (χ2n) is 5.04. The predicted molar refractivity (Wildman–Crippen MR) is 92.1 cm³/mol. The quantitative estimate of drug-likeness (QED) is 0.614. The first-order chi connectivity index (χ1) is 10.8. The maximum absolute atomic E-state index is 5.32. The van der Waals surface area contributed by atoms with Gasteiger partial charge in [0.05, 0.1) is 23.0 Å². The summed E-state index contributed by atoms with van der Waals surface area (Å²) in [5, 5.41) is 3.13. The Morgan fingerprint density at radius 2 is 1.95 bits per heavy atom. The number of aromatic nitrogens is 2. The average molecular weight is 309 g/mol. The van der Waals surface area contributed by atoms with E-state index in [-0.39, 0.29) is 0 Å². The molecule has 0 atom stereocenters. The molecule has 0 saturated carbocycles. The number of anilines is 1. The van der Waals surface area contributed by atoms with Crippen LogP contribution in [0.4, 0.5) is 5.69 Å².